The molecule has 17 heavy (non-hydrogen) atoms. The van der Waals surface area contributed by atoms with Crippen LogP contribution in [-0.2, 0) is 11.3 Å². The molecule has 1 aliphatic carbocycles. The number of para-hydroxylation sites is 1. The Balaban J connectivity index is 1.75. The van der Waals surface area contributed by atoms with E-state index >= 15 is 0 Å². The highest BCUT2D eigenvalue weighted by atomic mass is 16.5. The maximum atomic E-state index is 5.88. The molecule has 0 bridgehead atoms. The Kier molecular flexibility index (Phi) is 4.40. The Bertz CT molecular complexity index is 348. The van der Waals surface area contributed by atoms with Crippen molar-refractivity contribution in [2.45, 2.75) is 25.6 Å². The molecule has 1 fully saturated rings. The highest BCUT2D eigenvalue weighted by Crippen LogP contribution is 2.30. The van der Waals surface area contributed by atoms with Crippen molar-refractivity contribution in [3.63, 3.8) is 0 Å². The lowest BCUT2D eigenvalue weighted by molar-refractivity contribution is -0.0396. The van der Waals surface area contributed by atoms with Gasteiger partial charge in [0, 0.05) is 5.56 Å². The van der Waals surface area contributed by atoms with Gasteiger partial charge >= 0.3 is 0 Å². The summed E-state index contributed by atoms with van der Waals surface area (Å²) >= 11 is 0. The van der Waals surface area contributed by atoms with Crippen molar-refractivity contribution < 1.29 is 9.47 Å². The average molecular weight is 235 g/mol. The zero-order chi connectivity index (χ0) is 12.1. The quantitative estimate of drug-likeness (QED) is 0.820. The van der Waals surface area contributed by atoms with Gasteiger partial charge in [-0.25, -0.2) is 0 Å². The van der Waals surface area contributed by atoms with Gasteiger partial charge in [0.25, 0.3) is 0 Å². The van der Waals surface area contributed by atoms with Crippen LogP contribution in [0.5, 0.6) is 5.75 Å². The molecule has 0 heterocycles. The molecule has 0 atom stereocenters. The predicted octanol–water partition coefficient (Wildman–Crippen LogP) is 2.21. The summed E-state index contributed by atoms with van der Waals surface area (Å²) in [6.45, 7) is 1.76. The van der Waals surface area contributed by atoms with E-state index in [4.69, 9.17) is 9.47 Å². The van der Waals surface area contributed by atoms with Crippen LogP contribution in [-0.4, -0.2) is 26.8 Å². The van der Waals surface area contributed by atoms with Crippen LogP contribution in [0.2, 0.25) is 0 Å². The van der Waals surface area contributed by atoms with Crippen molar-refractivity contribution in [1.29, 1.82) is 0 Å². The maximum Gasteiger partial charge on any atom is 0.124 e. The first kappa shape index (κ1) is 12.4. The van der Waals surface area contributed by atoms with Gasteiger partial charge in [-0.05, 0) is 38.4 Å². The Morgan fingerprint density at radius 1 is 1.29 bits per heavy atom. The smallest absolute Gasteiger partial charge is 0.124 e. The lowest BCUT2D eigenvalue weighted by Crippen LogP contribution is -2.36. The summed E-state index contributed by atoms with van der Waals surface area (Å²) in [5.74, 6) is 1.71. The summed E-state index contributed by atoms with van der Waals surface area (Å²) in [4.78, 5) is 0. The van der Waals surface area contributed by atoms with Crippen molar-refractivity contribution in [3.05, 3.63) is 29.8 Å². The minimum absolute atomic E-state index is 0.429. The molecule has 0 radical (unpaired) electrons. The molecule has 0 aromatic heterocycles. The summed E-state index contributed by atoms with van der Waals surface area (Å²) in [6, 6.07) is 8.03. The van der Waals surface area contributed by atoms with E-state index in [0.717, 1.165) is 23.8 Å². The molecule has 1 aliphatic rings. The van der Waals surface area contributed by atoms with Gasteiger partial charge in [-0.3, -0.25) is 0 Å². The fourth-order valence-electron chi connectivity index (χ4n) is 2.30. The van der Waals surface area contributed by atoms with Gasteiger partial charge in [-0.1, -0.05) is 18.2 Å². The van der Waals surface area contributed by atoms with Crippen molar-refractivity contribution in [2.24, 2.45) is 5.92 Å². The fraction of sp³-hybridized carbons (Fsp3) is 0.571. The van der Waals surface area contributed by atoms with Crippen LogP contribution in [0.3, 0.4) is 0 Å². The zero-order valence-corrected chi connectivity index (χ0v) is 10.6. The van der Waals surface area contributed by atoms with Crippen LogP contribution in [0.15, 0.2) is 24.3 Å². The Labute approximate surface area is 103 Å². The molecule has 1 aromatic rings. The van der Waals surface area contributed by atoms with Gasteiger partial charge in [-0.15, -0.1) is 0 Å². The van der Waals surface area contributed by atoms with Crippen LogP contribution < -0.4 is 10.1 Å². The van der Waals surface area contributed by atoms with Gasteiger partial charge in [0.2, 0.25) is 0 Å². The molecular formula is C14H21NO2. The van der Waals surface area contributed by atoms with E-state index in [0.29, 0.717) is 12.7 Å². The second-order valence-electron chi connectivity index (χ2n) is 4.64. The standard InChI is InChI=1S/C14H21NO2/c1-15-9-11-7-13(8-11)17-10-12-5-3-4-6-14(12)16-2/h3-6,11,13,15H,7-10H2,1-2H3. The average Bonchev–Trinajstić information content (AvgIpc) is 2.32. The summed E-state index contributed by atoms with van der Waals surface area (Å²) < 4.78 is 11.2. The minimum Gasteiger partial charge on any atom is -0.496 e. The number of ether oxygens (including phenoxy) is 2. The van der Waals surface area contributed by atoms with E-state index in [1.54, 1.807) is 7.11 Å². The van der Waals surface area contributed by atoms with Crippen LogP contribution >= 0.6 is 0 Å². The predicted molar refractivity (Wildman–Crippen MR) is 68.2 cm³/mol. The molecule has 0 amide bonds. The third-order valence-corrected chi connectivity index (χ3v) is 3.35. The second-order valence-corrected chi connectivity index (χ2v) is 4.64. The molecule has 2 rings (SSSR count). The number of methoxy groups -OCH3 is 1. The number of hydrogen-bond acceptors (Lipinski definition) is 3. The van der Waals surface area contributed by atoms with Crippen LogP contribution in [0.25, 0.3) is 0 Å². The molecule has 3 heteroatoms. The number of nitrogens with one attached hydrogen (secondary N) is 1. The first-order valence-corrected chi connectivity index (χ1v) is 6.21. The minimum atomic E-state index is 0.429. The van der Waals surface area contributed by atoms with Crippen LogP contribution in [0.1, 0.15) is 18.4 Å². The highest BCUT2D eigenvalue weighted by Gasteiger charge is 2.29. The third kappa shape index (κ3) is 3.20. The maximum absolute atomic E-state index is 5.88. The first-order valence-electron chi connectivity index (χ1n) is 6.21. The van der Waals surface area contributed by atoms with Crippen LogP contribution in [0, 0.1) is 5.92 Å². The van der Waals surface area contributed by atoms with Gasteiger partial charge in [0.1, 0.15) is 5.75 Å². The van der Waals surface area contributed by atoms with E-state index in [2.05, 4.69) is 11.4 Å². The fourth-order valence-corrected chi connectivity index (χ4v) is 2.30. The summed E-state index contributed by atoms with van der Waals surface area (Å²) in [5, 5.41) is 3.21. The van der Waals surface area contributed by atoms with E-state index in [1.807, 2.05) is 25.2 Å². The lowest BCUT2D eigenvalue weighted by atomic mass is 9.82. The molecule has 0 aliphatic heterocycles. The molecule has 3 nitrogen and oxygen atoms in total. The Morgan fingerprint density at radius 3 is 2.76 bits per heavy atom. The molecular weight excluding hydrogens is 214 g/mol. The normalized spacial score (nSPS) is 23.2. The molecule has 1 saturated carbocycles. The molecule has 94 valence electrons. The van der Waals surface area contributed by atoms with Crippen molar-refractivity contribution in [3.8, 4) is 5.75 Å². The van der Waals surface area contributed by atoms with Crippen molar-refractivity contribution >= 4 is 0 Å². The summed E-state index contributed by atoms with van der Waals surface area (Å²) in [7, 11) is 3.70. The van der Waals surface area contributed by atoms with E-state index in [1.165, 1.54) is 12.8 Å². The zero-order valence-electron chi connectivity index (χ0n) is 10.6. The molecule has 0 saturated heterocycles. The molecule has 0 unspecified atom stereocenters. The summed E-state index contributed by atoms with van der Waals surface area (Å²) in [5.41, 5.74) is 1.13. The van der Waals surface area contributed by atoms with Crippen LogP contribution in [0.4, 0.5) is 0 Å². The summed E-state index contributed by atoms with van der Waals surface area (Å²) in [6.07, 6.45) is 2.78. The van der Waals surface area contributed by atoms with Gasteiger partial charge in [0.15, 0.2) is 0 Å². The van der Waals surface area contributed by atoms with E-state index in [9.17, 15) is 0 Å². The number of benzene rings is 1. The van der Waals surface area contributed by atoms with Gasteiger partial charge < -0.3 is 14.8 Å². The van der Waals surface area contributed by atoms with Crippen molar-refractivity contribution in [1.82, 2.24) is 5.32 Å². The molecule has 1 aromatic carbocycles. The highest BCUT2D eigenvalue weighted by molar-refractivity contribution is 5.32. The van der Waals surface area contributed by atoms with Gasteiger partial charge in [-0.2, -0.15) is 0 Å². The lowest BCUT2D eigenvalue weighted by Gasteiger charge is -2.35. The molecule has 1 N–H and O–H groups in total. The topological polar surface area (TPSA) is 30.5 Å². The number of hydrogen-bond donors (Lipinski definition) is 1. The van der Waals surface area contributed by atoms with E-state index in [-0.39, 0.29) is 0 Å². The second kappa shape index (κ2) is 6.03. The first-order chi connectivity index (χ1) is 8.33. The number of rotatable bonds is 6. The monoisotopic (exact) mass is 235 g/mol. The third-order valence-electron chi connectivity index (χ3n) is 3.35. The Hall–Kier alpha value is -1.06. The SMILES string of the molecule is CNCC1CC(OCc2ccccc2OC)C1. The largest absolute Gasteiger partial charge is 0.496 e. The van der Waals surface area contributed by atoms with Gasteiger partial charge in [0.05, 0.1) is 19.8 Å². The molecule has 0 spiro atoms. The Morgan fingerprint density at radius 2 is 2.06 bits per heavy atom. The van der Waals surface area contributed by atoms with Crippen molar-refractivity contribution in [2.75, 3.05) is 20.7 Å². The van der Waals surface area contributed by atoms with E-state index < -0.39 is 0 Å².